The third kappa shape index (κ3) is 2.81. The molecular formula is C20H24O6. The van der Waals surface area contributed by atoms with Crippen molar-refractivity contribution in [1.82, 2.24) is 0 Å². The quantitative estimate of drug-likeness (QED) is 0.628. The first-order valence-corrected chi connectivity index (χ1v) is 9.35. The molecule has 0 aliphatic heterocycles. The van der Waals surface area contributed by atoms with Gasteiger partial charge in [-0.2, -0.15) is 0 Å². The molecule has 4 fully saturated rings. The predicted octanol–water partition coefficient (Wildman–Crippen LogP) is 3.88. The van der Waals surface area contributed by atoms with E-state index >= 15 is 0 Å². The topological polar surface area (TPSA) is 93.1 Å². The zero-order valence-electron chi connectivity index (χ0n) is 14.9. The molecule has 0 spiro atoms. The second-order valence-corrected chi connectivity index (χ2v) is 8.16. The molecule has 4 bridgehead atoms. The maximum absolute atomic E-state index is 12.3. The molecule has 6 heteroatoms. The van der Waals surface area contributed by atoms with Crippen molar-refractivity contribution in [3.63, 3.8) is 0 Å². The van der Waals surface area contributed by atoms with E-state index in [1.54, 1.807) is 6.92 Å². The molecule has 1 aromatic rings. The largest absolute Gasteiger partial charge is 0.516 e. The van der Waals surface area contributed by atoms with Crippen molar-refractivity contribution < 1.29 is 29.3 Å². The highest BCUT2D eigenvalue weighted by atomic mass is 16.7. The Bertz CT molecular complexity index is 718. The van der Waals surface area contributed by atoms with E-state index in [2.05, 4.69) is 9.47 Å². The summed E-state index contributed by atoms with van der Waals surface area (Å²) in [6, 6.07) is 2.70. The van der Waals surface area contributed by atoms with Crippen LogP contribution in [-0.2, 0) is 14.9 Å². The maximum atomic E-state index is 12.3. The van der Waals surface area contributed by atoms with Gasteiger partial charge in [-0.3, -0.25) is 0 Å². The number of carbonyl (C=O) groups is 2. The molecule has 4 aliphatic rings. The number of benzene rings is 1. The number of hydrogen-bond acceptors (Lipinski definition) is 6. The smallest absolute Gasteiger partial charge is 0.508 e. The molecule has 4 aliphatic carbocycles. The highest BCUT2D eigenvalue weighted by Crippen LogP contribution is 2.62. The summed E-state index contributed by atoms with van der Waals surface area (Å²) in [6.45, 7) is 1.70. The van der Waals surface area contributed by atoms with Crippen molar-refractivity contribution in [3.05, 3.63) is 23.3 Å². The van der Waals surface area contributed by atoms with Crippen molar-refractivity contribution in [1.29, 1.82) is 0 Å². The Morgan fingerprint density at radius 3 is 2.15 bits per heavy atom. The first-order chi connectivity index (χ1) is 12.4. The Kier molecular flexibility index (Phi) is 4.09. The van der Waals surface area contributed by atoms with E-state index in [4.69, 9.17) is 0 Å². The van der Waals surface area contributed by atoms with Crippen molar-refractivity contribution in [3.8, 4) is 11.5 Å². The number of rotatable bonds is 3. The summed E-state index contributed by atoms with van der Waals surface area (Å²) in [7, 11) is 0. The summed E-state index contributed by atoms with van der Waals surface area (Å²) in [5.41, 5.74) is 0.442. The van der Waals surface area contributed by atoms with E-state index < -0.39 is 17.9 Å². The van der Waals surface area contributed by atoms with Gasteiger partial charge in [0.05, 0.1) is 6.61 Å². The minimum atomic E-state index is -1.10. The lowest BCUT2D eigenvalue weighted by Gasteiger charge is -2.57. The number of phenols is 2. The average Bonchev–Trinajstić information content (AvgIpc) is 2.53. The lowest BCUT2D eigenvalue weighted by Crippen LogP contribution is -2.48. The van der Waals surface area contributed by atoms with Crippen molar-refractivity contribution >= 4 is 12.1 Å². The Morgan fingerprint density at radius 2 is 1.62 bits per heavy atom. The van der Waals surface area contributed by atoms with E-state index in [1.807, 2.05) is 0 Å². The molecule has 140 valence electrons. The van der Waals surface area contributed by atoms with Crippen LogP contribution < -0.4 is 0 Å². The molecule has 0 atom stereocenters. The molecule has 4 saturated carbocycles. The van der Waals surface area contributed by atoms with Crippen LogP contribution in [0.25, 0.3) is 0 Å². The van der Waals surface area contributed by atoms with Gasteiger partial charge in [-0.25, -0.2) is 9.59 Å². The van der Waals surface area contributed by atoms with Gasteiger partial charge in [0.25, 0.3) is 0 Å². The number of ether oxygens (including phenoxy) is 2. The van der Waals surface area contributed by atoms with Gasteiger partial charge in [0.15, 0.2) is 0 Å². The third-order valence-electron chi connectivity index (χ3n) is 6.38. The minimum absolute atomic E-state index is 0.0112. The molecule has 1 aromatic carbocycles. The summed E-state index contributed by atoms with van der Waals surface area (Å²) in [5.74, 6) is 0.660. The molecular weight excluding hydrogens is 336 g/mol. The first kappa shape index (κ1) is 17.2. The molecule has 0 radical (unpaired) electrons. The van der Waals surface area contributed by atoms with Gasteiger partial charge < -0.3 is 19.7 Å². The van der Waals surface area contributed by atoms with Gasteiger partial charge in [0, 0.05) is 11.6 Å². The fourth-order valence-electron chi connectivity index (χ4n) is 5.88. The van der Waals surface area contributed by atoms with Gasteiger partial charge in [-0.05, 0) is 74.7 Å². The predicted molar refractivity (Wildman–Crippen MR) is 92.1 cm³/mol. The van der Waals surface area contributed by atoms with Crippen LogP contribution in [0.3, 0.4) is 0 Å². The van der Waals surface area contributed by atoms with E-state index in [0.717, 1.165) is 19.3 Å². The normalized spacial score (nSPS) is 31.7. The zero-order valence-corrected chi connectivity index (χ0v) is 14.9. The van der Waals surface area contributed by atoms with Crippen molar-refractivity contribution in [2.24, 2.45) is 17.8 Å². The van der Waals surface area contributed by atoms with E-state index in [-0.39, 0.29) is 23.3 Å². The lowest BCUT2D eigenvalue weighted by molar-refractivity contribution is -0.00619. The molecule has 0 unspecified atom stereocenters. The summed E-state index contributed by atoms with van der Waals surface area (Å²) in [5, 5.41) is 20.6. The molecule has 0 amide bonds. The molecule has 26 heavy (non-hydrogen) atoms. The highest BCUT2D eigenvalue weighted by Gasteiger charge is 2.52. The number of phenolic OH excluding ortho intramolecular Hbond substituents is 2. The van der Waals surface area contributed by atoms with Gasteiger partial charge in [-0.15, -0.1) is 0 Å². The second-order valence-electron chi connectivity index (χ2n) is 8.16. The molecule has 6 nitrogen and oxygen atoms in total. The number of carbonyl (C=O) groups excluding carboxylic acids is 2. The van der Waals surface area contributed by atoms with Crippen LogP contribution in [0, 0.1) is 17.8 Å². The fraction of sp³-hybridized carbons (Fsp3) is 0.600. The fourth-order valence-corrected chi connectivity index (χ4v) is 5.88. The monoisotopic (exact) mass is 360 g/mol. The summed E-state index contributed by atoms with van der Waals surface area (Å²) in [6.07, 6.45) is 5.69. The molecule has 5 rings (SSSR count). The lowest BCUT2D eigenvalue weighted by atomic mass is 9.48. The van der Waals surface area contributed by atoms with Gasteiger partial charge in [0.2, 0.25) is 0 Å². The van der Waals surface area contributed by atoms with Gasteiger partial charge >= 0.3 is 12.1 Å². The van der Waals surface area contributed by atoms with Gasteiger partial charge in [-0.1, -0.05) is 0 Å². The number of hydrogen-bond donors (Lipinski definition) is 2. The Labute approximate surface area is 152 Å². The minimum Gasteiger partial charge on any atom is -0.508 e. The van der Waals surface area contributed by atoms with Crippen molar-refractivity contribution in [2.45, 2.75) is 50.9 Å². The van der Waals surface area contributed by atoms with Crippen LogP contribution in [0.15, 0.2) is 12.1 Å². The van der Waals surface area contributed by atoms with Crippen LogP contribution in [0.4, 0.5) is 4.79 Å². The second kappa shape index (κ2) is 6.18. The number of esters is 1. The average molecular weight is 360 g/mol. The zero-order chi connectivity index (χ0) is 18.5. The summed E-state index contributed by atoms with van der Waals surface area (Å²) in [4.78, 5) is 23.7. The van der Waals surface area contributed by atoms with Crippen LogP contribution in [-0.4, -0.2) is 28.9 Å². The Balaban J connectivity index is 1.67. The Morgan fingerprint density at radius 1 is 1.04 bits per heavy atom. The summed E-state index contributed by atoms with van der Waals surface area (Å²) < 4.78 is 9.24. The van der Waals surface area contributed by atoms with Gasteiger partial charge in [0.1, 0.15) is 17.1 Å². The molecule has 0 heterocycles. The Hall–Kier alpha value is -2.24. The van der Waals surface area contributed by atoms with Crippen LogP contribution in [0.5, 0.6) is 11.5 Å². The van der Waals surface area contributed by atoms with Crippen LogP contribution in [0.2, 0.25) is 0 Å². The van der Waals surface area contributed by atoms with Crippen LogP contribution in [0.1, 0.15) is 61.4 Å². The van der Waals surface area contributed by atoms with E-state index in [9.17, 15) is 19.8 Å². The summed E-state index contributed by atoms with van der Waals surface area (Å²) >= 11 is 0. The number of aromatic hydroxyl groups is 2. The molecule has 0 saturated heterocycles. The van der Waals surface area contributed by atoms with E-state index in [0.29, 0.717) is 23.3 Å². The van der Waals surface area contributed by atoms with Crippen LogP contribution >= 0.6 is 0 Å². The molecule has 2 N–H and O–H groups in total. The van der Waals surface area contributed by atoms with Crippen molar-refractivity contribution in [2.75, 3.05) is 6.61 Å². The standard InChI is InChI=1S/C20H24O6/c1-2-25-19(24)26-18(23)14-6-15(17(22)7-16(14)21)20-8-11-3-12(9-20)5-13(4-11)10-20/h6-7,11-13,21-22H,2-5,8-10H2,1H3. The SMILES string of the molecule is CCOC(=O)OC(=O)c1cc(C23CC4CC(CC(C4)C2)C3)c(O)cc1O. The first-order valence-electron chi connectivity index (χ1n) is 9.35. The maximum Gasteiger partial charge on any atom is 0.516 e. The molecule has 0 aromatic heterocycles. The third-order valence-corrected chi connectivity index (χ3v) is 6.38. The van der Waals surface area contributed by atoms with E-state index in [1.165, 1.54) is 31.4 Å². The highest BCUT2D eigenvalue weighted by molar-refractivity contribution is 5.98.